The molecule has 0 fully saturated rings. The van der Waals surface area contributed by atoms with Crippen LogP contribution in [0.25, 0.3) is 0 Å². The Morgan fingerprint density at radius 2 is 0.500 bits per heavy atom. The molecule has 0 heterocycles. The Kier molecular flexibility index (Phi) is 17.3. The summed E-state index contributed by atoms with van der Waals surface area (Å²) in [6.45, 7) is 0. The van der Waals surface area contributed by atoms with E-state index >= 15 is 0 Å². The zero-order valence-electron chi connectivity index (χ0n) is 6.78. The maximum atomic E-state index is 8.60. The fourth-order valence-corrected chi connectivity index (χ4v) is 0. The van der Waals surface area contributed by atoms with Crippen molar-refractivity contribution < 1.29 is 86.6 Å². The third-order valence-electron chi connectivity index (χ3n) is 0. The van der Waals surface area contributed by atoms with Crippen LogP contribution < -0.4 is 51.2 Å². The van der Waals surface area contributed by atoms with Gasteiger partial charge < -0.3 is 0 Å². The van der Waals surface area contributed by atoms with E-state index in [1.165, 1.54) is 0 Å². The van der Waals surface area contributed by atoms with Gasteiger partial charge in [-0.05, 0) is 0 Å². The average molecular weight is 339 g/mol. The van der Waals surface area contributed by atoms with Crippen LogP contribution in [0.1, 0.15) is 0 Å². The van der Waals surface area contributed by atoms with Crippen LogP contribution in [0.3, 0.4) is 0 Å². The molecule has 0 bridgehead atoms. The Bertz CT molecular complexity index is 91.3. The number of halogens is 3. The second-order valence-corrected chi connectivity index (χ2v) is 3.46. The Balaban J connectivity index is -0.0000000655. The van der Waals surface area contributed by atoms with Crippen molar-refractivity contribution in [3.05, 3.63) is 0 Å². The zero-order chi connectivity index (χ0) is 13.5. The largest absolute Gasteiger partial charge is 2.00 e. The van der Waals surface area contributed by atoms with Crippen LogP contribution in [0.15, 0.2) is 0 Å². The van der Waals surface area contributed by atoms with Gasteiger partial charge in [-0.1, -0.05) is 0 Å². The summed E-state index contributed by atoms with van der Waals surface area (Å²) in [5.74, 6) is 0. The van der Waals surface area contributed by atoms with Gasteiger partial charge in [-0.2, -0.15) is 14.0 Å². The molecule has 0 amide bonds. The van der Waals surface area contributed by atoms with Gasteiger partial charge >= 0.3 is 37.7 Å². The monoisotopic (exact) mass is 338 g/mol. The second kappa shape index (κ2) is 10.6. The summed E-state index contributed by atoms with van der Waals surface area (Å²) < 4.78 is 101. The van der Waals surface area contributed by atoms with Crippen LogP contribution in [0.2, 0.25) is 0 Å². The third-order valence-corrected chi connectivity index (χ3v) is 0. The molecular weight excluding hydrogens is 338 g/mol. The summed E-state index contributed by atoms with van der Waals surface area (Å²) in [6, 6.07) is 0. The van der Waals surface area contributed by atoms with Crippen molar-refractivity contribution >= 4 is 37.7 Å². The molecule has 0 aromatic heterocycles. The Labute approximate surface area is 123 Å². The Hall–Kier alpha value is 1.65. The van der Waals surface area contributed by atoms with E-state index in [1.54, 1.807) is 0 Å². The smallest absolute Gasteiger partial charge is 0.222 e. The molecule has 0 atom stereocenters. The normalized spacial score (nSPS) is 11.2. The second-order valence-electron chi connectivity index (χ2n) is 1.15. The molecule has 0 aliphatic rings. The van der Waals surface area contributed by atoms with E-state index in [9.17, 15) is 0 Å². The average Bonchev–Trinajstić information content (AvgIpc) is 1.41. The van der Waals surface area contributed by atoms with E-state index in [0.717, 1.165) is 0 Å². The van der Waals surface area contributed by atoms with E-state index < -0.39 is 30.7 Å². The first-order valence-corrected chi connectivity index (χ1v) is 5.60. The van der Waals surface area contributed by atoms with Crippen molar-refractivity contribution in [1.82, 2.24) is 0 Å². The standard InChI is InChI=1S/Ca.3ClHO4/c;3*2-1(3,4)5/h;3*(H,2,3,4,5)/q+2;;;/p-2. The molecule has 0 radical (unpaired) electrons. The minimum absolute atomic E-state index is 0. The number of hydrogen-bond acceptors (Lipinski definition) is 12. The molecule has 0 aliphatic carbocycles. The molecule has 0 aromatic rings. The quantitative estimate of drug-likeness (QED) is 0.402. The van der Waals surface area contributed by atoms with Gasteiger partial charge in [0.25, 0.3) is 0 Å². The molecule has 0 aliphatic heterocycles. The molecule has 96 valence electrons. The van der Waals surface area contributed by atoms with Crippen LogP contribution >= 0.6 is 0 Å². The molecule has 0 rings (SSSR count). The van der Waals surface area contributed by atoms with Crippen molar-refractivity contribution in [2.45, 2.75) is 0 Å². The Morgan fingerprint density at radius 1 is 0.500 bits per heavy atom. The van der Waals surface area contributed by atoms with Crippen LogP contribution in [-0.4, -0.2) is 42.4 Å². The summed E-state index contributed by atoms with van der Waals surface area (Å²) in [6.07, 6.45) is 0. The zero-order valence-corrected chi connectivity index (χ0v) is 11.3. The van der Waals surface area contributed by atoms with E-state index in [2.05, 4.69) is 0 Å². The fraction of sp³-hybridized carbons (Fsp3) is 0. The summed E-state index contributed by atoms with van der Waals surface area (Å²) in [5, 5.41) is 0. The first-order valence-electron chi connectivity index (χ1n) is 1.87. The van der Waals surface area contributed by atoms with Crippen LogP contribution in [0.4, 0.5) is 0 Å². The summed E-state index contributed by atoms with van der Waals surface area (Å²) >= 11 is 0. The topological polar surface area (TPSA) is 274 Å². The van der Waals surface area contributed by atoms with Crippen molar-refractivity contribution in [3.8, 4) is 0 Å². The van der Waals surface area contributed by atoms with E-state index in [0.29, 0.717) is 0 Å². The molecule has 0 spiro atoms. The molecule has 0 saturated heterocycles. The van der Waals surface area contributed by atoms with Gasteiger partial charge in [-0.3, -0.25) is 0 Å². The third kappa shape index (κ3) is 1230. The minimum atomic E-state index is -4.94. The summed E-state index contributed by atoms with van der Waals surface area (Å²) in [7, 11) is -14.6. The van der Waals surface area contributed by atoms with E-state index in [4.69, 9.17) is 55.9 Å². The van der Waals surface area contributed by atoms with Crippen molar-refractivity contribution in [1.29, 1.82) is 0 Å². The molecule has 12 nitrogen and oxygen atoms in total. The SMILES string of the molecule is [Ca+2].[O-][Cl+3]([O-])([O-])O.[O-][Cl+3]([O-])([O-])[O-].[O-][Cl+3]([O-])([O-])[O-]. The summed E-state index contributed by atoms with van der Waals surface area (Å²) in [4.78, 5) is 0. The fourth-order valence-electron chi connectivity index (χ4n) is 0. The molecule has 0 aromatic carbocycles. The van der Waals surface area contributed by atoms with Crippen molar-refractivity contribution in [2.75, 3.05) is 0 Å². The molecule has 16 heavy (non-hydrogen) atoms. The van der Waals surface area contributed by atoms with Crippen LogP contribution in [0.5, 0.6) is 0 Å². The van der Waals surface area contributed by atoms with Gasteiger partial charge in [-0.25, -0.2) is 37.3 Å². The summed E-state index contributed by atoms with van der Waals surface area (Å²) in [5.41, 5.74) is 0. The first-order chi connectivity index (χ1) is 6.00. The molecule has 0 saturated carbocycles. The van der Waals surface area contributed by atoms with Gasteiger partial charge in [0.1, 0.15) is 0 Å². The predicted molar refractivity (Wildman–Crippen MR) is 7.97 cm³/mol. The van der Waals surface area contributed by atoms with Crippen molar-refractivity contribution in [3.63, 3.8) is 0 Å². The van der Waals surface area contributed by atoms with Crippen LogP contribution in [-0.2, 0) is 0 Å². The van der Waals surface area contributed by atoms with Gasteiger partial charge in [0, 0.05) is 0 Å². The first kappa shape index (κ1) is 26.3. The molecule has 16 heteroatoms. The predicted octanol–water partition coefficient (Wildman–Crippen LogP) is -14.0. The number of rotatable bonds is 0. The molecular formula is HCaCl3O12. The van der Waals surface area contributed by atoms with Gasteiger partial charge in [0.2, 0.25) is 0 Å². The molecule has 1 N–H and O–H groups in total. The minimum Gasteiger partial charge on any atom is -0.222 e. The van der Waals surface area contributed by atoms with Gasteiger partial charge in [0.15, 0.2) is 0 Å². The van der Waals surface area contributed by atoms with Gasteiger partial charge in [0.05, 0.1) is 14.9 Å². The molecule has 0 unspecified atom stereocenters. The van der Waals surface area contributed by atoms with E-state index in [1.807, 2.05) is 0 Å². The number of hydrogen-bond donors (Lipinski definition) is 1. The van der Waals surface area contributed by atoms with E-state index in [-0.39, 0.29) is 37.7 Å². The van der Waals surface area contributed by atoms with Crippen LogP contribution in [0, 0.1) is 30.7 Å². The van der Waals surface area contributed by atoms with Gasteiger partial charge in [-0.15, -0.1) is 20.5 Å². The maximum absolute atomic E-state index is 8.60. The maximum Gasteiger partial charge on any atom is 2.00 e. The Morgan fingerprint density at radius 3 is 0.500 bits per heavy atom. The van der Waals surface area contributed by atoms with Crippen molar-refractivity contribution in [2.24, 2.45) is 0 Å².